The molecule has 2 aromatic carbocycles. The van der Waals surface area contributed by atoms with Crippen LogP contribution in [0.25, 0.3) is 10.2 Å². The third kappa shape index (κ3) is 3.41. The van der Waals surface area contributed by atoms with E-state index >= 15 is 0 Å². The molecule has 0 bridgehead atoms. The van der Waals surface area contributed by atoms with E-state index in [1.54, 1.807) is 23.5 Å². The van der Waals surface area contributed by atoms with Crippen LogP contribution >= 0.6 is 22.9 Å². The van der Waals surface area contributed by atoms with Gasteiger partial charge >= 0.3 is 6.03 Å². The molecule has 2 amide bonds. The summed E-state index contributed by atoms with van der Waals surface area (Å²) in [4.78, 5) is 21.2. The number of nitrogens with one attached hydrogen (secondary N) is 1. The van der Waals surface area contributed by atoms with Gasteiger partial charge in [-0.1, -0.05) is 47.2 Å². The molecule has 0 unspecified atom stereocenters. The smallest absolute Gasteiger partial charge is 0.322 e. The van der Waals surface area contributed by atoms with Gasteiger partial charge in [0.25, 0.3) is 0 Å². The van der Waals surface area contributed by atoms with Crippen LogP contribution in [0.5, 0.6) is 0 Å². The number of thiazole rings is 1. The Hall–Kier alpha value is -2.31. The number of fused-ring (bicyclic) bond motifs is 1. The highest BCUT2D eigenvalue weighted by molar-refractivity contribution is 7.22. The van der Waals surface area contributed by atoms with E-state index in [9.17, 15) is 4.79 Å². The number of nitrogens with zero attached hydrogens (tertiary/aromatic N) is 3. The van der Waals surface area contributed by atoms with Gasteiger partial charge in [-0.05, 0) is 24.3 Å². The van der Waals surface area contributed by atoms with E-state index < -0.39 is 0 Å². The summed E-state index contributed by atoms with van der Waals surface area (Å²) in [5.74, 6) is 0. The summed E-state index contributed by atoms with van der Waals surface area (Å²) in [5, 5.41) is 4.45. The van der Waals surface area contributed by atoms with E-state index in [4.69, 9.17) is 16.6 Å². The van der Waals surface area contributed by atoms with E-state index in [1.807, 2.05) is 35.2 Å². The van der Waals surface area contributed by atoms with Crippen LogP contribution in [0.3, 0.4) is 0 Å². The van der Waals surface area contributed by atoms with Crippen LogP contribution in [0.1, 0.15) is 0 Å². The van der Waals surface area contributed by atoms with Gasteiger partial charge in [-0.25, -0.2) is 9.78 Å². The van der Waals surface area contributed by atoms with Gasteiger partial charge in [0, 0.05) is 26.2 Å². The second-order valence-corrected chi connectivity index (χ2v) is 7.26. The lowest BCUT2D eigenvalue weighted by molar-refractivity contribution is 0.208. The van der Waals surface area contributed by atoms with Crippen molar-refractivity contribution in [3.8, 4) is 0 Å². The summed E-state index contributed by atoms with van der Waals surface area (Å²) in [5.41, 5.74) is 1.67. The molecular formula is C18H17ClN4OS. The van der Waals surface area contributed by atoms with Crippen LogP contribution in [-0.4, -0.2) is 42.1 Å². The quantitative estimate of drug-likeness (QED) is 0.729. The number of carbonyl (C=O) groups is 1. The number of para-hydroxylation sites is 2. The fourth-order valence-electron chi connectivity index (χ4n) is 2.85. The normalized spacial score (nSPS) is 14.8. The predicted molar refractivity (Wildman–Crippen MR) is 104 cm³/mol. The van der Waals surface area contributed by atoms with Crippen molar-refractivity contribution >= 4 is 50.0 Å². The van der Waals surface area contributed by atoms with Gasteiger partial charge in [0.1, 0.15) is 0 Å². The molecule has 1 N–H and O–H groups in total. The van der Waals surface area contributed by atoms with Crippen LogP contribution < -0.4 is 10.2 Å². The lowest BCUT2D eigenvalue weighted by Crippen LogP contribution is -2.50. The van der Waals surface area contributed by atoms with Crippen molar-refractivity contribution in [3.05, 3.63) is 53.6 Å². The number of hydrogen-bond donors (Lipinski definition) is 1. The Morgan fingerprint density at radius 3 is 2.52 bits per heavy atom. The van der Waals surface area contributed by atoms with Crippen LogP contribution in [0.15, 0.2) is 48.5 Å². The molecule has 7 heteroatoms. The molecule has 1 fully saturated rings. The molecule has 0 atom stereocenters. The first-order chi connectivity index (χ1) is 12.2. The molecule has 5 nitrogen and oxygen atoms in total. The Kier molecular flexibility index (Phi) is 4.46. The van der Waals surface area contributed by atoms with Crippen molar-refractivity contribution in [2.24, 2.45) is 0 Å². The van der Waals surface area contributed by atoms with Crippen molar-refractivity contribution in [1.82, 2.24) is 9.88 Å². The number of benzene rings is 2. The SMILES string of the molecule is O=C(Nc1ccccc1Cl)N1CCN(c2nc3ccccc3s2)CC1. The highest BCUT2D eigenvalue weighted by Crippen LogP contribution is 2.29. The molecule has 0 radical (unpaired) electrons. The third-order valence-electron chi connectivity index (χ3n) is 4.24. The molecule has 0 aliphatic carbocycles. The van der Waals surface area contributed by atoms with Crippen molar-refractivity contribution in [2.45, 2.75) is 0 Å². The topological polar surface area (TPSA) is 48.5 Å². The third-order valence-corrected chi connectivity index (χ3v) is 5.66. The maximum absolute atomic E-state index is 12.4. The molecule has 0 saturated carbocycles. The van der Waals surface area contributed by atoms with Crippen LogP contribution in [0.2, 0.25) is 5.02 Å². The first kappa shape index (κ1) is 16.2. The summed E-state index contributed by atoms with van der Waals surface area (Å²) in [6.45, 7) is 2.87. The lowest BCUT2D eigenvalue weighted by atomic mass is 10.3. The Bertz CT molecular complexity index is 872. The molecule has 1 aliphatic heterocycles. The Labute approximate surface area is 154 Å². The van der Waals surface area contributed by atoms with Crippen LogP contribution in [0, 0.1) is 0 Å². The number of urea groups is 1. The zero-order chi connectivity index (χ0) is 17.2. The molecule has 0 spiro atoms. The van der Waals surface area contributed by atoms with Crippen molar-refractivity contribution < 1.29 is 4.79 Å². The van der Waals surface area contributed by atoms with Gasteiger partial charge in [0.2, 0.25) is 0 Å². The average Bonchev–Trinajstić information content (AvgIpc) is 3.08. The highest BCUT2D eigenvalue weighted by Gasteiger charge is 2.23. The second-order valence-electron chi connectivity index (χ2n) is 5.85. The van der Waals surface area contributed by atoms with Gasteiger partial charge in [0.05, 0.1) is 20.9 Å². The van der Waals surface area contributed by atoms with Gasteiger partial charge in [-0.3, -0.25) is 0 Å². The molecule has 25 heavy (non-hydrogen) atoms. The first-order valence-electron chi connectivity index (χ1n) is 8.12. The number of hydrogen-bond acceptors (Lipinski definition) is 4. The van der Waals surface area contributed by atoms with Crippen molar-refractivity contribution in [3.63, 3.8) is 0 Å². The lowest BCUT2D eigenvalue weighted by Gasteiger charge is -2.34. The molecule has 2 heterocycles. The van der Waals surface area contributed by atoms with E-state index in [0.29, 0.717) is 23.8 Å². The molecule has 128 valence electrons. The fourth-order valence-corrected chi connectivity index (χ4v) is 4.05. The number of piperazine rings is 1. The van der Waals surface area contributed by atoms with Gasteiger partial charge in [-0.2, -0.15) is 0 Å². The average molecular weight is 373 g/mol. The monoisotopic (exact) mass is 372 g/mol. The number of halogens is 1. The first-order valence-corrected chi connectivity index (χ1v) is 9.31. The molecule has 1 aromatic heterocycles. The highest BCUT2D eigenvalue weighted by atomic mass is 35.5. The summed E-state index contributed by atoms with van der Waals surface area (Å²) in [6, 6.07) is 15.3. The minimum atomic E-state index is -0.114. The van der Waals surface area contributed by atoms with Gasteiger partial charge in [-0.15, -0.1) is 0 Å². The largest absolute Gasteiger partial charge is 0.345 e. The van der Waals surface area contributed by atoms with Crippen LogP contribution in [-0.2, 0) is 0 Å². The summed E-state index contributed by atoms with van der Waals surface area (Å²) >= 11 is 7.80. The zero-order valence-corrected chi connectivity index (χ0v) is 15.1. The number of carbonyl (C=O) groups excluding carboxylic acids is 1. The zero-order valence-electron chi connectivity index (χ0n) is 13.5. The fraction of sp³-hybridized carbons (Fsp3) is 0.222. The minimum absolute atomic E-state index is 0.114. The number of rotatable bonds is 2. The molecule has 1 saturated heterocycles. The Morgan fingerprint density at radius 2 is 1.76 bits per heavy atom. The standard InChI is InChI=1S/C18H17ClN4OS/c19-13-5-1-2-6-14(13)20-17(24)22-9-11-23(12-10-22)18-21-15-7-3-4-8-16(15)25-18/h1-8H,9-12H2,(H,20,24). The summed E-state index contributed by atoms with van der Waals surface area (Å²) < 4.78 is 1.19. The molecule has 3 aromatic rings. The second kappa shape index (κ2) is 6.90. The van der Waals surface area contributed by atoms with E-state index in [1.165, 1.54) is 4.70 Å². The number of amides is 2. The van der Waals surface area contributed by atoms with Gasteiger partial charge < -0.3 is 15.1 Å². The van der Waals surface area contributed by atoms with E-state index in [2.05, 4.69) is 16.3 Å². The summed E-state index contributed by atoms with van der Waals surface area (Å²) in [7, 11) is 0. The van der Waals surface area contributed by atoms with Crippen molar-refractivity contribution in [2.75, 3.05) is 36.4 Å². The molecular weight excluding hydrogens is 356 g/mol. The molecule has 4 rings (SSSR count). The Balaban J connectivity index is 1.39. The predicted octanol–water partition coefficient (Wildman–Crippen LogP) is 4.30. The van der Waals surface area contributed by atoms with Crippen LogP contribution in [0.4, 0.5) is 15.6 Å². The minimum Gasteiger partial charge on any atom is -0.345 e. The van der Waals surface area contributed by atoms with Gasteiger partial charge in [0.15, 0.2) is 5.13 Å². The number of aromatic nitrogens is 1. The Morgan fingerprint density at radius 1 is 1.04 bits per heavy atom. The van der Waals surface area contributed by atoms with E-state index in [-0.39, 0.29) is 6.03 Å². The van der Waals surface area contributed by atoms with Crippen molar-refractivity contribution in [1.29, 1.82) is 0 Å². The summed E-state index contributed by atoms with van der Waals surface area (Å²) in [6.07, 6.45) is 0. The maximum Gasteiger partial charge on any atom is 0.322 e. The maximum atomic E-state index is 12.4. The van der Waals surface area contributed by atoms with E-state index in [0.717, 1.165) is 23.7 Å². The molecule has 1 aliphatic rings. The number of anilines is 2.